The predicted octanol–water partition coefficient (Wildman–Crippen LogP) is 5.68. The molecule has 1 fully saturated rings. The first-order chi connectivity index (χ1) is 17.8. The first kappa shape index (κ1) is 25.2. The highest BCUT2D eigenvalue weighted by Crippen LogP contribution is 2.38. The molecular weight excluding hydrogens is 471 g/mol. The van der Waals surface area contributed by atoms with Crippen LogP contribution in [0.2, 0.25) is 0 Å². The van der Waals surface area contributed by atoms with Gasteiger partial charge in [-0.1, -0.05) is 44.2 Å². The number of fused-ring (bicyclic) bond motifs is 1. The van der Waals surface area contributed by atoms with Crippen LogP contribution in [0.1, 0.15) is 48.6 Å². The first-order valence-corrected chi connectivity index (χ1v) is 12.9. The molecule has 194 valence electrons. The number of benzene rings is 2. The summed E-state index contributed by atoms with van der Waals surface area (Å²) in [6.07, 6.45) is 3.27. The van der Waals surface area contributed by atoms with E-state index >= 15 is 0 Å². The van der Waals surface area contributed by atoms with Gasteiger partial charge in [0.25, 0.3) is 0 Å². The van der Waals surface area contributed by atoms with Crippen molar-refractivity contribution in [3.63, 3.8) is 0 Å². The highest BCUT2D eigenvalue weighted by atomic mass is 19.1. The summed E-state index contributed by atoms with van der Waals surface area (Å²) in [6, 6.07) is 13.8. The third-order valence-electron chi connectivity index (χ3n) is 7.40. The molecule has 2 aromatic carbocycles. The normalized spacial score (nSPS) is 18.4. The van der Waals surface area contributed by atoms with E-state index in [-0.39, 0.29) is 11.9 Å². The van der Waals surface area contributed by atoms with Crippen LogP contribution in [0, 0.1) is 17.7 Å². The summed E-state index contributed by atoms with van der Waals surface area (Å²) in [5.41, 5.74) is 5.52. The number of nitrogens with zero attached hydrogens (tertiary/aromatic N) is 2. The van der Waals surface area contributed by atoms with Crippen LogP contribution in [-0.4, -0.2) is 41.2 Å². The number of carbonyl (C=O) groups is 1. The number of pyridine rings is 1. The summed E-state index contributed by atoms with van der Waals surface area (Å²) in [6.45, 7) is 6.74. The second-order valence-electron chi connectivity index (χ2n) is 10.5. The van der Waals surface area contributed by atoms with Gasteiger partial charge in [0.05, 0.1) is 19.2 Å². The number of hydrogen-bond donors (Lipinski definition) is 1. The van der Waals surface area contributed by atoms with Crippen LogP contribution >= 0.6 is 0 Å². The van der Waals surface area contributed by atoms with Crippen molar-refractivity contribution in [2.24, 2.45) is 11.8 Å². The molecule has 2 atom stereocenters. The summed E-state index contributed by atoms with van der Waals surface area (Å²) in [4.78, 5) is 17.7. The maximum absolute atomic E-state index is 14.9. The fraction of sp³-hybridized carbons (Fsp3) is 0.400. The Bertz CT molecular complexity index is 1300. The molecule has 0 radical (unpaired) electrons. The molecule has 3 heterocycles. The van der Waals surface area contributed by atoms with E-state index in [1.807, 2.05) is 24.3 Å². The minimum absolute atomic E-state index is 0.125. The van der Waals surface area contributed by atoms with Crippen LogP contribution in [0.25, 0.3) is 11.1 Å². The van der Waals surface area contributed by atoms with Gasteiger partial charge in [-0.25, -0.2) is 9.37 Å². The fourth-order valence-corrected chi connectivity index (χ4v) is 5.36. The zero-order valence-electron chi connectivity index (χ0n) is 21.5. The molecule has 3 aromatic rings. The van der Waals surface area contributed by atoms with Gasteiger partial charge in [-0.3, -0.25) is 9.69 Å². The lowest BCUT2D eigenvalue weighted by Gasteiger charge is -2.37. The number of aliphatic carboxylic acids is 1. The molecule has 6 nitrogen and oxygen atoms in total. The van der Waals surface area contributed by atoms with Gasteiger partial charge in [0.2, 0.25) is 5.88 Å². The molecule has 2 aliphatic heterocycles. The molecular formula is C30H33FN2O4. The molecule has 7 heteroatoms. The van der Waals surface area contributed by atoms with E-state index in [1.165, 1.54) is 13.3 Å². The van der Waals surface area contributed by atoms with E-state index in [1.54, 1.807) is 13.0 Å². The van der Waals surface area contributed by atoms with Gasteiger partial charge in [-0.15, -0.1) is 0 Å². The third kappa shape index (κ3) is 5.47. The van der Waals surface area contributed by atoms with Crippen molar-refractivity contribution in [3.8, 4) is 22.8 Å². The van der Waals surface area contributed by atoms with Crippen molar-refractivity contribution in [1.82, 2.24) is 9.88 Å². The van der Waals surface area contributed by atoms with Gasteiger partial charge >= 0.3 is 5.97 Å². The van der Waals surface area contributed by atoms with Crippen LogP contribution in [0.5, 0.6) is 11.6 Å². The van der Waals surface area contributed by atoms with Gasteiger partial charge in [0.1, 0.15) is 17.7 Å². The van der Waals surface area contributed by atoms with Crippen molar-refractivity contribution >= 4 is 5.97 Å². The Labute approximate surface area is 217 Å². The van der Waals surface area contributed by atoms with Crippen molar-refractivity contribution in [1.29, 1.82) is 0 Å². The molecule has 2 unspecified atom stereocenters. The number of aryl methyl sites for hydroxylation is 1. The maximum Gasteiger partial charge on any atom is 0.306 e. The van der Waals surface area contributed by atoms with E-state index in [0.29, 0.717) is 23.8 Å². The number of carboxylic acid groups (broad SMARTS) is 1. The molecule has 37 heavy (non-hydrogen) atoms. The number of aromatic nitrogens is 1. The monoisotopic (exact) mass is 504 g/mol. The number of likely N-dealkylation sites (tertiary alicyclic amines) is 1. The van der Waals surface area contributed by atoms with Gasteiger partial charge in [0.15, 0.2) is 0 Å². The molecule has 1 N–H and O–H groups in total. The average molecular weight is 505 g/mol. The van der Waals surface area contributed by atoms with Crippen LogP contribution in [-0.2, 0) is 24.2 Å². The Morgan fingerprint density at radius 2 is 2.03 bits per heavy atom. The van der Waals surface area contributed by atoms with E-state index in [4.69, 9.17) is 9.47 Å². The Morgan fingerprint density at radius 3 is 2.76 bits per heavy atom. The van der Waals surface area contributed by atoms with Crippen molar-refractivity contribution in [2.75, 3.05) is 20.2 Å². The number of rotatable bonds is 8. The highest BCUT2D eigenvalue weighted by molar-refractivity contribution is 5.70. The van der Waals surface area contributed by atoms with Gasteiger partial charge in [-0.2, -0.15) is 0 Å². The number of methoxy groups -OCH3 is 1. The average Bonchev–Trinajstić information content (AvgIpc) is 2.87. The van der Waals surface area contributed by atoms with E-state index < -0.39 is 11.9 Å². The number of hydrogen-bond acceptors (Lipinski definition) is 5. The second-order valence-corrected chi connectivity index (χ2v) is 10.5. The molecule has 0 amide bonds. The van der Waals surface area contributed by atoms with Gasteiger partial charge in [0, 0.05) is 31.3 Å². The van der Waals surface area contributed by atoms with Crippen LogP contribution in [0.4, 0.5) is 4.39 Å². The summed E-state index contributed by atoms with van der Waals surface area (Å²) >= 11 is 0. The molecule has 0 spiro atoms. The number of halogens is 1. The molecule has 0 bridgehead atoms. The lowest BCUT2D eigenvalue weighted by atomic mass is 9.91. The summed E-state index contributed by atoms with van der Waals surface area (Å²) in [5, 5.41) is 9.28. The maximum atomic E-state index is 14.9. The standard InChI is InChI=1S/C30H33FN2O4/c1-18-15-33(16-18)17-23-12-22(6-8-24(23)25-13-29(36-3)32-14-26(25)31)27-9-7-21-5-4-20(11-28(21)37-27)10-19(2)30(34)35/h4-6,8,11-14,18-19,27H,7,9-10,15-17H2,1-3H3,(H,34,35). The Morgan fingerprint density at radius 1 is 1.22 bits per heavy atom. The van der Waals surface area contributed by atoms with E-state index in [0.717, 1.165) is 66.0 Å². The number of carboxylic acids is 1. The van der Waals surface area contributed by atoms with Gasteiger partial charge in [-0.05, 0) is 59.1 Å². The molecule has 0 aliphatic carbocycles. The zero-order valence-corrected chi connectivity index (χ0v) is 21.5. The quantitative estimate of drug-likeness (QED) is 0.426. The first-order valence-electron chi connectivity index (χ1n) is 12.9. The second kappa shape index (κ2) is 10.5. The van der Waals surface area contributed by atoms with Crippen molar-refractivity contribution in [3.05, 3.63) is 76.7 Å². The van der Waals surface area contributed by atoms with Crippen molar-refractivity contribution < 1.29 is 23.8 Å². The lowest BCUT2D eigenvalue weighted by Crippen LogP contribution is -2.44. The SMILES string of the molecule is COc1cc(-c2ccc(C3CCc4ccc(CC(C)C(=O)O)cc4O3)cc2CN2CC(C)C2)c(F)cn1. The van der Waals surface area contributed by atoms with E-state index in [2.05, 4.69) is 28.9 Å². The Balaban J connectivity index is 1.44. The summed E-state index contributed by atoms with van der Waals surface area (Å²) in [5.74, 6) is 0.231. The Hall–Kier alpha value is -3.45. The van der Waals surface area contributed by atoms with Crippen LogP contribution in [0.3, 0.4) is 0 Å². The molecule has 0 saturated carbocycles. The largest absolute Gasteiger partial charge is 0.485 e. The topological polar surface area (TPSA) is 71.9 Å². The smallest absolute Gasteiger partial charge is 0.306 e. The minimum atomic E-state index is -0.802. The van der Waals surface area contributed by atoms with E-state index in [9.17, 15) is 14.3 Å². The molecule has 5 rings (SSSR count). The Kier molecular flexibility index (Phi) is 7.15. The summed E-state index contributed by atoms with van der Waals surface area (Å²) in [7, 11) is 1.53. The highest BCUT2D eigenvalue weighted by Gasteiger charge is 2.27. The fourth-order valence-electron chi connectivity index (χ4n) is 5.36. The van der Waals surface area contributed by atoms with Crippen LogP contribution in [0.15, 0.2) is 48.7 Å². The predicted molar refractivity (Wildman–Crippen MR) is 139 cm³/mol. The molecule has 2 aliphatic rings. The van der Waals surface area contributed by atoms with Crippen LogP contribution < -0.4 is 9.47 Å². The van der Waals surface area contributed by atoms with Crippen molar-refractivity contribution in [2.45, 2.75) is 45.8 Å². The molecule has 1 aromatic heterocycles. The third-order valence-corrected chi connectivity index (χ3v) is 7.40. The lowest BCUT2D eigenvalue weighted by molar-refractivity contribution is -0.141. The molecule has 1 saturated heterocycles. The summed E-state index contributed by atoms with van der Waals surface area (Å²) < 4.78 is 26.6. The van der Waals surface area contributed by atoms with Gasteiger partial charge < -0.3 is 14.6 Å². The zero-order chi connectivity index (χ0) is 26.1. The minimum Gasteiger partial charge on any atom is -0.485 e. The number of ether oxygens (including phenoxy) is 2.